The van der Waals surface area contributed by atoms with Crippen LogP contribution in [0.1, 0.15) is 107 Å². The fraction of sp³-hybridized carbons (Fsp3) is 0.457. The lowest BCUT2D eigenvalue weighted by Gasteiger charge is -2.23. The van der Waals surface area contributed by atoms with Crippen LogP contribution in [0.25, 0.3) is 6.08 Å². The Hall–Kier alpha value is -5.49. The van der Waals surface area contributed by atoms with Crippen LogP contribution >= 0.6 is 0 Å². The molecule has 1 amide bonds. The molecule has 1 aliphatic rings. The second kappa shape index (κ2) is 27.2. The van der Waals surface area contributed by atoms with E-state index in [1.54, 1.807) is 43.3 Å². The molecule has 1 aliphatic carbocycles. The van der Waals surface area contributed by atoms with Crippen molar-refractivity contribution in [2.75, 3.05) is 14.2 Å². The molecule has 0 heterocycles. The summed E-state index contributed by atoms with van der Waals surface area (Å²) in [6.45, 7) is 3.31. The number of carbonyl (C=O) groups is 3. The van der Waals surface area contributed by atoms with E-state index in [0.29, 0.717) is 35.6 Å². The third-order valence-electron chi connectivity index (χ3n) is 9.84. The van der Waals surface area contributed by atoms with E-state index in [-0.39, 0.29) is 30.6 Å². The molecule has 0 bridgehead atoms. The molecule has 1 saturated carbocycles. The van der Waals surface area contributed by atoms with Gasteiger partial charge in [0, 0.05) is 19.6 Å². The summed E-state index contributed by atoms with van der Waals surface area (Å²) in [5, 5.41) is 12.0. The van der Waals surface area contributed by atoms with E-state index in [0.717, 1.165) is 25.2 Å². The SMILES string of the molecule is C/C=C\CCCC(=O)NC(C)C(=O)Oc1ccc(/C=C/C(=O)OCc2ccc(CO[N+](=O)[O-])cc2)cc1OC.COC(CCc1ccccc1)CCC1CCCCC1. The van der Waals surface area contributed by atoms with Gasteiger partial charge in [0.25, 0.3) is 5.09 Å². The average Bonchev–Trinajstić information content (AvgIpc) is 3.24. The first-order valence-corrected chi connectivity index (χ1v) is 20.2. The number of benzene rings is 3. The first-order chi connectivity index (χ1) is 28.1. The smallest absolute Gasteiger partial charge is 0.333 e. The molecule has 0 aliphatic heterocycles. The van der Waals surface area contributed by atoms with E-state index in [1.807, 2.05) is 26.2 Å². The van der Waals surface area contributed by atoms with Crippen molar-refractivity contribution >= 4 is 23.9 Å². The van der Waals surface area contributed by atoms with Crippen LogP contribution in [0.2, 0.25) is 0 Å². The van der Waals surface area contributed by atoms with Gasteiger partial charge in [-0.15, -0.1) is 10.1 Å². The van der Waals surface area contributed by atoms with Gasteiger partial charge in [0.2, 0.25) is 5.91 Å². The molecular weight excluding hydrogens is 741 g/mol. The Morgan fingerprint density at radius 2 is 1.60 bits per heavy atom. The number of nitrogens with zero attached hydrogens (tertiary/aromatic N) is 1. The van der Waals surface area contributed by atoms with Crippen LogP contribution in [-0.4, -0.2) is 49.3 Å². The molecule has 1 fully saturated rings. The van der Waals surface area contributed by atoms with Gasteiger partial charge >= 0.3 is 11.9 Å². The highest BCUT2D eigenvalue weighted by molar-refractivity contribution is 5.87. The van der Waals surface area contributed by atoms with Gasteiger partial charge in [-0.2, -0.15) is 0 Å². The van der Waals surface area contributed by atoms with Crippen molar-refractivity contribution in [3.8, 4) is 11.5 Å². The monoisotopic (exact) mass is 800 g/mol. The standard InChI is InChI=1S/C28H32N2O9.C18H28O/c1-4-5-6-7-8-26(31)29-20(2)28(33)39-24-15-13-21(17-25(24)36-3)14-16-27(32)37-18-22-9-11-23(12-10-22)19-38-30(34)35;1-19-18(14-12-16-8-4-2-5-9-16)15-13-17-10-6-3-7-11-17/h4-5,9-17,20H,6-8,18-19H2,1-3H3,(H,29,31);2,4-5,8-9,17-18H,3,6-7,10-15H2,1H3/b5-4-,16-14+;. The fourth-order valence-corrected chi connectivity index (χ4v) is 6.46. The Bertz CT molecular complexity index is 1740. The lowest BCUT2D eigenvalue weighted by atomic mass is 9.85. The zero-order valence-electron chi connectivity index (χ0n) is 34.4. The minimum Gasteiger partial charge on any atom is -0.493 e. The van der Waals surface area contributed by atoms with Crippen LogP contribution in [-0.2, 0) is 48.3 Å². The summed E-state index contributed by atoms with van der Waals surface area (Å²) in [5.41, 5.74) is 3.34. The van der Waals surface area contributed by atoms with Crippen LogP contribution in [0, 0.1) is 16.0 Å². The predicted molar refractivity (Wildman–Crippen MR) is 223 cm³/mol. The van der Waals surface area contributed by atoms with Gasteiger partial charge in [-0.3, -0.25) is 4.79 Å². The number of esters is 2. The van der Waals surface area contributed by atoms with Crippen LogP contribution in [0.15, 0.2) is 91.0 Å². The molecular formula is C46H60N2O10. The number of ether oxygens (including phenoxy) is 4. The Morgan fingerprint density at radius 1 is 0.897 bits per heavy atom. The number of rotatable bonds is 22. The zero-order valence-corrected chi connectivity index (χ0v) is 34.4. The Labute approximate surface area is 343 Å². The molecule has 2 atom stereocenters. The minimum absolute atomic E-state index is 0.0161. The minimum atomic E-state index is -0.866. The number of amides is 1. The van der Waals surface area contributed by atoms with Crippen LogP contribution in [0.3, 0.4) is 0 Å². The van der Waals surface area contributed by atoms with Crippen molar-refractivity contribution < 1.29 is 43.3 Å². The van der Waals surface area contributed by atoms with Crippen molar-refractivity contribution in [2.45, 2.75) is 116 Å². The lowest BCUT2D eigenvalue weighted by molar-refractivity contribution is -0.763. The molecule has 3 aromatic carbocycles. The summed E-state index contributed by atoms with van der Waals surface area (Å²) in [7, 11) is 3.29. The van der Waals surface area contributed by atoms with Gasteiger partial charge in [-0.05, 0) is 98.8 Å². The van der Waals surface area contributed by atoms with Gasteiger partial charge in [-0.25, -0.2) is 9.59 Å². The number of aryl methyl sites for hydroxylation is 1. The van der Waals surface area contributed by atoms with Crippen molar-refractivity contribution in [2.24, 2.45) is 5.92 Å². The van der Waals surface area contributed by atoms with Crippen LogP contribution < -0.4 is 14.8 Å². The number of nitrogens with one attached hydrogen (secondary N) is 1. The Morgan fingerprint density at radius 3 is 2.26 bits per heavy atom. The van der Waals surface area contributed by atoms with E-state index in [1.165, 1.54) is 75.8 Å². The van der Waals surface area contributed by atoms with Gasteiger partial charge in [-0.1, -0.05) is 105 Å². The van der Waals surface area contributed by atoms with Crippen molar-refractivity contribution in [1.29, 1.82) is 0 Å². The summed E-state index contributed by atoms with van der Waals surface area (Å²) in [6, 6.07) is 21.3. The van der Waals surface area contributed by atoms with Gasteiger partial charge in [0.05, 0.1) is 13.2 Å². The first-order valence-electron chi connectivity index (χ1n) is 20.2. The second-order valence-corrected chi connectivity index (χ2v) is 14.3. The van der Waals surface area contributed by atoms with Gasteiger partial charge < -0.3 is 29.1 Å². The fourth-order valence-electron chi connectivity index (χ4n) is 6.46. The Balaban J connectivity index is 0.000000393. The summed E-state index contributed by atoms with van der Waals surface area (Å²) in [6.07, 6.45) is 21.1. The maximum atomic E-state index is 12.4. The predicted octanol–water partition coefficient (Wildman–Crippen LogP) is 9.31. The number of hydrogen-bond donors (Lipinski definition) is 1. The molecule has 1 N–H and O–H groups in total. The summed E-state index contributed by atoms with van der Waals surface area (Å²) >= 11 is 0. The number of carbonyl (C=O) groups excluding carboxylic acids is 3. The van der Waals surface area contributed by atoms with Gasteiger partial charge in [0.15, 0.2) is 11.5 Å². The maximum Gasteiger partial charge on any atom is 0.333 e. The first kappa shape index (κ1) is 46.9. The van der Waals surface area contributed by atoms with Crippen molar-refractivity contribution in [1.82, 2.24) is 5.32 Å². The molecule has 0 spiro atoms. The van der Waals surface area contributed by atoms with E-state index in [9.17, 15) is 24.5 Å². The van der Waals surface area contributed by atoms with E-state index < -0.39 is 23.1 Å². The quantitative estimate of drug-likeness (QED) is 0.0198. The number of unbranched alkanes of at least 4 members (excludes halogenated alkanes) is 1. The second-order valence-electron chi connectivity index (χ2n) is 14.3. The maximum absolute atomic E-state index is 12.4. The third-order valence-corrected chi connectivity index (χ3v) is 9.84. The highest BCUT2D eigenvalue weighted by Crippen LogP contribution is 2.30. The molecule has 4 rings (SSSR count). The average molecular weight is 801 g/mol. The molecule has 58 heavy (non-hydrogen) atoms. The molecule has 12 heteroatoms. The molecule has 3 aromatic rings. The van der Waals surface area contributed by atoms with Crippen molar-refractivity contribution in [3.63, 3.8) is 0 Å². The third kappa shape index (κ3) is 19.1. The molecule has 0 radical (unpaired) electrons. The van der Waals surface area contributed by atoms with E-state index in [4.69, 9.17) is 18.9 Å². The van der Waals surface area contributed by atoms with Gasteiger partial charge in [0.1, 0.15) is 19.3 Å². The summed E-state index contributed by atoms with van der Waals surface area (Å²) in [4.78, 5) is 51.1. The van der Waals surface area contributed by atoms with E-state index >= 15 is 0 Å². The summed E-state index contributed by atoms with van der Waals surface area (Å²) < 4.78 is 21.6. The molecule has 314 valence electrons. The van der Waals surface area contributed by atoms with Crippen molar-refractivity contribution in [3.05, 3.63) is 123 Å². The van der Waals surface area contributed by atoms with Crippen LogP contribution in [0.5, 0.6) is 11.5 Å². The lowest BCUT2D eigenvalue weighted by Crippen LogP contribution is -2.40. The zero-order chi connectivity index (χ0) is 42.0. The largest absolute Gasteiger partial charge is 0.493 e. The topological polar surface area (TPSA) is 153 Å². The Kier molecular flexibility index (Phi) is 22.0. The molecule has 2 unspecified atom stereocenters. The molecule has 12 nitrogen and oxygen atoms in total. The normalized spacial score (nSPS) is 13.9. The molecule has 0 saturated heterocycles. The number of allylic oxidation sites excluding steroid dienone is 2. The summed E-state index contributed by atoms with van der Waals surface area (Å²) in [5.74, 6) is -0.0417. The highest BCUT2D eigenvalue weighted by Gasteiger charge is 2.20. The highest BCUT2D eigenvalue weighted by atomic mass is 16.9. The number of methoxy groups -OCH3 is 2. The number of hydrogen-bond acceptors (Lipinski definition) is 10. The molecule has 0 aromatic heterocycles. The van der Waals surface area contributed by atoms with E-state index in [2.05, 4.69) is 40.5 Å². The van der Waals surface area contributed by atoms with Crippen LogP contribution in [0.4, 0.5) is 0 Å².